The van der Waals surface area contributed by atoms with Gasteiger partial charge in [0.15, 0.2) is 0 Å². The molecule has 1 rings (SSSR count). The molecule has 0 saturated carbocycles. The summed E-state index contributed by atoms with van der Waals surface area (Å²) in [6.07, 6.45) is 1.90. The molecular formula is C10H13NS. The maximum absolute atomic E-state index is 5.63. The summed E-state index contributed by atoms with van der Waals surface area (Å²) in [5.74, 6) is 0.949. The van der Waals surface area contributed by atoms with Gasteiger partial charge in [-0.1, -0.05) is 6.08 Å². The lowest BCUT2D eigenvalue weighted by Gasteiger charge is -2.03. The highest BCUT2D eigenvalue weighted by molar-refractivity contribution is 7.99. The van der Waals surface area contributed by atoms with Crippen LogP contribution in [0.3, 0.4) is 0 Å². The number of thioether (sulfide) groups is 1. The molecule has 0 spiro atoms. The molecule has 64 valence electrons. The van der Waals surface area contributed by atoms with E-state index < -0.39 is 0 Å². The zero-order valence-corrected chi connectivity index (χ0v) is 8.03. The number of benzene rings is 1. The van der Waals surface area contributed by atoms with E-state index in [1.807, 2.05) is 18.2 Å². The number of nitrogen functional groups attached to an aromatic ring is 1. The number of anilines is 1. The van der Waals surface area contributed by atoms with Gasteiger partial charge in [0, 0.05) is 16.3 Å². The smallest absolute Gasteiger partial charge is 0.0317 e. The van der Waals surface area contributed by atoms with Gasteiger partial charge in [-0.3, -0.25) is 0 Å². The van der Waals surface area contributed by atoms with E-state index in [4.69, 9.17) is 5.73 Å². The summed E-state index contributed by atoms with van der Waals surface area (Å²) in [7, 11) is 0. The Morgan fingerprint density at radius 1 is 1.58 bits per heavy atom. The fraction of sp³-hybridized carbons (Fsp3) is 0.200. The minimum Gasteiger partial charge on any atom is -0.399 e. The third kappa shape index (κ3) is 2.31. The van der Waals surface area contributed by atoms with Crippen LogP contribution < -0.4 is 5.73 Å². The van der Waals surface area contributed by atoms with E-state index >= 15 is 0 Å². The van der Waals surface area contributed by atoms with Crippen molar-refractivity contribution in [3.63, 3.8) is 0 Å². The summed E-state index contributed by atoms with van der Waals surface area (Å²) in [6, 6.07) is 5.97. The normalized spacial score (nSPS) is 9.75. The van der Waals surface area contributed by atoms with Crippen molar-refractivity contribution in [3.8, 4) is 0 Å². The van der Waals surface area contributed by atoms with Gasteiger partial charge in [-0.25, -0.2) is 0 Å². The molecule has 2 N–H and O–H groups in total. The molecule has 0 aliphatic rings. The lowest BCUT2D eigenvalue weighted by atomic mass is 10.2. The molecular weight excluding hydrogens is 166 g/mol. The summed E-state index contributed by atoms with van der Waals surface area (Å²) in [5.41, 5.74) is 7.69. The zero-order chi connectivity index (χ0) is 8.97. The zero-order valence-electron chi connectivity index (χ0n) is 7.21. The lowest BCUT2D eigenvalue weighted by molar-refractivity contribution is 1.31. The third-order valence-electron chi connectivity index (χ3n) is 1.56. The fourth-order valence-corrected chi connectivity index (χ4v) is 1.73. The quantitative estimate of drug-likeness (QED) is 0.438. The molecule has 0 aliphatic heterocycles. The number of nitrogens with two attached hydrogens (primary N) is 1. The topological polar surface area (TPSA) is 26.0 Å². The molecule has 0 fully saturated rings. The van der Waals surface area contributed by atoms with Crippen molar-refractivity contribution in [3.05, 3.63) is 36.4 Å². The molecule has 0 saturated heterocycles. The number of hydrogen-bond acceptors (Lipinski definition) is 2. The van der Waals surface area contributed by atoms with Crippen LogP contribution in [0, 0.1) is 6.92 Å². The standard InChI is InChI=1S/C10H13NS/c1-3-6-12-10-5-4-9(11)7-8(10)2/h3-5,7H,1,6,11H2,2H3. The fourth-order valence-electron chi connectivity index (χ4n) is 0.983. The summed E-state index contributed by atoms with van der Waals surface area (Å²) in [5, 5.41) is 0. The molecule has 0 amide bonds. The van der Waals surface area contributed by atoms with E-state index in [0.717, 1.165) is 11.4 Å². The molecule has 2 heteroatoms. The van der Waals surface area contributed by atoms with Crippen LogP contribution in [0.5, 0.6) is 0 Å². The first-order chi connectivity index (χ1) is 5.74. The van der Waals surface area contributed by atoms with Crippen LogP contribution in [0.2, 0.25) is 0 Å². The van der Waals surface area contributed by atoms with Gasteiger partial charge >= 0.3 is 0 Å². The van der Waals surface area contributed by atoms with Crippen molar-refractivity contribution in [2.75, 3.05) is 11.5 Å². The second-order valence-corrected chi connectivity index (χ2v) is 3.69. The second kappa shape index (κ2) is 4.21. The summed E-state index contributed by atoms with van der Waals surface area (Å²) in [4.78, 5) is 1.28. The molecule has 0 radical (unpaired) electrons. The first kappa shape index (κ1) is 9.20. The largest absolute Gasteiger partial charge is 0.399 e. The van der Waals surface area contributed by atoms with Crippen molar-refractivity contribution in [1.82, 2.24) is 0 Å². The summed E-state index contributed by atoms with van der Waals surface area (Å²) < 4.78 is 0. The van der Waals surface area contributed by atoms with Crippen molar-refractivity contribution < 1.29 is 0 Å². The van der Waals surface area contributed by atoms with Gasteiger partial charge in [0.25, 0.3) is 0 Å². The minimum absolute atomic E-state index is 0.829. The van der Waals surface area contributed by atoms with Crippen LogP contribution >= 0.6 is 11.8 Å². The van der Waals surface area contributed by atoms with Gasteiger partial charge in [0.1, 0.15) is 0 Å². The van der Waals surface area contributed by atoms with Gasteiger partial charge < -0.3 is 5.73 Å². The SMILES string of the molecule is C=CCSc1ccc(N)cc1C. The monoisotopic (exact) mass is 179 g/mol. The van der Waals surface area contributed by atoms with Crippen LogP contribution in [0.25, 0.3) is 0 Å². The Bertz CT molecular complexity index is 281. The predicted molar refractivity (Wildman–Crippen MR) is 56.5 cm³/mol. The van der Waals surface area contributed by atoms with E-state index in [2.05, 4.69) is 19.6 Å². The predicted octanol–water partition coefficient (Wildman–Crippen LogP) is 2.86. The minimum atomic E-state index is 0.829. The van der Waals surface area contributed by atoms with Crippen LogP contribution in [-0.2, 0) is 0 Å². The van der Waals surface area contributed by atoms with Gasteiger partial charge in [0.05, 0.1) is 0 Å². The molecule has 0 unspecified atom stereocenters. The van der Waals surface area contributed by atoms with Crippen LogP contribution in [0.15, 0.2) is 35.7 Å². The number of aryl methyl sites for hydroxylation is 1. The molecule has 0 bridgehead atoms. The molecule has 12 heavy (non-hydrogen) atoms. The first-order valence-electron chi connectivity index (χ1n) is 3.84. The second-order valence-electron chi connectivity index (χ2n) is 2.62. The Labute approximate surface area is 77.7 Å². The molecule has 0 atom stereocenters. The van der Waals surface area contributed by atoms with Crippen molar-refractivity contribution in [2.45, 2.75) is 11.8 Å². The van der Waals surface area contributed by atoms with Crippen LogP contribution in [0.1, 0.15) is 5.56 Å². The first-order valence-corrected chi connectivity index (χ1v) is 4.82. The summed E-state index contributed by atoms with van der Waals surface area (Å²) >= 11 is 1.78. The number of hydrogen-bond donors (Lipinski definition) is 1. The average Bonchev–Trinajstić information content (AvgIpc) is 2.03. The number of rotatable bonds is 3. The molecule has 0 heterocycles. The highest BCUT2D eigenvalue weighted by atomic mass is 32.2. The van der Waals surface area contributed by atoms with E-state index in [1.54, 1.807) is 11.8 Å². The molecule has 1 aromatic rings. The van der Waals surface area contributed by atoms with Gasteiger partial charge in [-0.05, 0) is 30.7 Å². The Morgan fingerprint density at radius 3 is 2.92 bits per heavy atom. The van der Waals surface area contributed by atoms with Crippen molar-refractivity contribution in [2.24, 2.45) is 0 Å². The van der Waals surface area contributed by atoms with Crippen molar-refractivity contribution in [1.29, 1.82) is 0 Å². The van der Waals surface area contributed by atoms with Crippen LogP contribution in [-0.4, -0.2) is 5.75 Å². The molecule has 1 nitrogen and oxygen atoms in total. The van der Waals surface area contributed by atoms with E-state index in [-0.39, 0.29) is 0 Å². The van der Waals surface area contributed by atoms with E-state index in [0.29, 0.717) is 0 Å². The lowest BCUT2D eigenvalue weighted by Crippen LogP contribution is -1.87. The van der Waals surface area contributed by atoms with E-state index in [1.165, 1.54) is 10.5 Å². The van der Waals surface area contributed by atoms with Crippen molar-refractivity contribution >= 4 is 17.4 Å². The maximum Gasteiger partial charge on any atom is 0.0317 e. The maximum atomic E-state index is 5.63. The highest BCUT2D eigenvalue weighted by Crippen LogP contribution is 2.23. The average molecular weight is 179 g/mol. The Morgan fingerprint density at radius 2 is 2.33 bits per heavy atom. The summed E-state index contributed by atoms with van der Waals surface area (Å²) in [6.45, 7) is 5.75. The highest BCUT2D eigenvalue weighted by Gasteiger charge is 1.97. The molecule has 0 aliphatic carbocycles. The van der Waals surface area contributed by atoms with Gasteiger partial charge in [-0.2, -0.15) is 0 Å². The Hall–Kier alpha value is -0.890. The third-order valence-corrected chi connectivity index (χ3v) is 2.73. The molecule has 0 aromatic heterocycles. The van der Waals surface area contributed by atoms with E-state index in [9.17, 15) is 0 Å². The molecule has 1 aromatic carbocycles. The van der Waals surface area contributed by atoms with Crippen LogP contribution in [0.4, 0.5) is 5.69 Å². The van der Waals surface area contributed by atoms with Gasteiger partial charge in [0.2, 0.25) is 0 Å². The Kier molecular flexibility index (Phi) is 3.23. The van der Waals surface area contributed by atoms with Gasteiger partial charge in [-0.15, -0.1) is 18.3 Å². The Balaban J connectivity index is 2.78.